The Bertz CT molecular complexity index is 1100. The van der Waals surface area contributed by atoms with Crippen molar-refractivity contribution in [2.45, 2.75) is 57.9 Å². The van der Waals surface area contributed by atoms with Gasteiger partial charge in [0.1, 0.15) is 17.3 Å². The number of halogens is 4. The summed E-state index contributed by atoms with van der Waals surface area (Å²) < 4.78 is 64.7. The molecule has 1 amide bonds. The first kappa shape index (κ1) is 27.6. The number of amides is 1. The first-order valence-corrected chi connectivity index (χ1v) is 13.6. The zero-order valence-corrected chi connectivity index (χ0v) is 22.0. The van der Waals surface area contributed by atoms with Crippen LogP contribution in [-0.2, 0) is 0 Å². The topological polar surface area (TPSA) is 50.8 Å². The molecule has 37 heavy (non-hydrogen) atoms. The third-order valence-corrected chi connectivity index (χ3v) is 7.67. The van der Waals surface area contributed by atoms with Gasteiger partial charge in [0, 0.05) is 23.8 Å². The Kier molecular flexibility index (Phi) is 8.28. The summed E-state index contributed by atoms with van der Waals surface area (Å²) in [6.07, 6.45) is 0.732. The summed E-state index contributed by atoms with van der Waals surface area (Å²) in [5.74, 6) is -0.466. The van der Waals surface area contributed by atoms with E-state index in [9.17, 15) is 22.4 Å². The quantitative estimate of drug-likeness (QED) is 0.278. The molecule has 1 N–H and O–H groups in total. The number of carbonyl (C=O) groups is 1. The molecule has 0 bridgehead atoms. The Hall–Kier alpha value is -2.46. The number of likely N-dealkylation sites (tertiary alicyclic amines) is 1. The molecule has 2 aromatic rings. The molecule has 0 radical (unpaired) electrons. The Labute approximate surface area is 219 Å². The number of nitrogens with one attached hydrogen (secondary N) is 1. The molecule has 5 nitrogen and oxygen atoms in total. The molecule has 1 heterocycles. The highest BCUT2D eigenvalue weighted by atomic mass is 32.2. The molecule has 0 aromatic heterocycles. The normalized spacial score (nSPS) is 18.8. The van der Waals surface area contributed by atoms with Crippen LogP contribution in [0.4, 0.5) is 17.6 Å². The third kappa shape index (κ3) is 7.10. The van der Waals surface area contributed by atoms with Gasteiger partial charge in [0.2, 0.25) is 0 Å². The Morgan fingerprint density at radius 3 is 2.41 bits per heavy atom. The molecule has 4 rings (SSSR count). The lowest BCUT2D eigenvalue weighted by molar-refractivity contribution is -0.274. The molecule has 2 aromatic carbocycles. The van der Waals surface area contributed by atoms with Crippen LogP contribution in [0.25, 0.3) is 0 Å². The van der Waals surface area contributed by atoms with Crippen molar-refractivity contribution in [3.63, 3.8) is 0 Å². The second kappa shape index (κ2) is 11.1. The van der Waals surface area contributed by atoms with Crippen molar-refractivity contribution in [2.24, 2.45) is 5.41 Å². The second-order valence-electron chi connectivity index (χ2n) is 10.2. The molecular formula is C27H32F4N2O3S. The maximum absolute atomic E-state index is 14.7. The molecule has 1 saturated heterocycles. The van der Waals surface area contributed by atoms with Crippen molar-refractivity contribution in [1.82, 2.24) is 9.62 Å². The van der Waals surface area contributed by atoms with Crippen LogP contribution in [0.3, 0.4) is 0 Å². The fourth-order valence-electron chi connectivity index (χ4n) is 4.74. The maximum Gasteiger partial charge on any atom is 0.573 e. The summed E-state index contributed by atoms with van der Waals surface area (Å²) in [5.41, 5.74) is 1.74. The molecule has 1 aliphatic carbocycles. The zero-order valence-electron chi connectivity index (χ0n) is 21.2. The van der Waals surface area contributed by atoms with Gasteiger partial charge in [-0.3, -0.25) is 14.4 Å². The Balaban J connectivity index is 1.35. The van der Waals surface area contributed by atoms with E-state index >= 15 is 0 Å². The lowest BCUT2D eigenvalue weighted by Crippen LogP contribution is -2.42. The molecule has 202 valence electrons. The summed E-state index contributed by atoms with van der Waals surface area (Å²) in [6, 6.07) is 9.03. The summed E-state index contributed by atoms with van der Waals surface area (Å²) in [5, 5.41) is 0. The molecule has 0 spiro atoms. The predicted molar refractivity (Wildman–Crippen MR) is 135 cm³/mol. The second-order valence-corrected chi connectivity index (χ2v) is 10.8. The number of benzene rings is 2. The minimum absolute atomic E-state index is 0.0371. The summed E-state index contributed by atoms with van der Waals surface area (Å²) in [4.78, 5) is 14.5. The van der Waals surface area contributed by atoms with Gasteiger partial charge in [-0.05, 0) is 80.9 Å². The van der Waals surface area contributed by atoms with Crippen LogP contribution in [0.1, 0.15) is 73.0 Å². The summed E-state index contributed by atoms with van der Waals surface area (Å²) >= 11 is 1.13. The van der Waals surface area contributed by atoms with Gasteiger partial charge >= 0.3 is 6.36 Å². The summed E-state index contributed by atoms with van der Waals surface area (Å²) in [6.45, 7) is 6.25. The summed E-state index contributed by atoms with van der Waals surface area (Å²) in [7, 11) is 0. The Morgan fingerprint density at radius 2 is 1.84 bits per heavy atom. The number of hydrogen-bond donors (Lipinski definition) is 1. The highest BCUT2D eigenvalue weighted by molar-refractivity contribution is 7.97. The maximum atomic E-state index is 14.7. The average Bonchev–Trinajstić information content (AvgIpc) is 3.68. The molecule has 1 aliphatic heterocycles. The largest absolute Gasteiger partial charge is 0.573 e. The van der Waals surface area contributed by atoms with Crippen LogP contribution in [0, 0.1) is 11.2 Å². The SMILES string of the molecule is CSNC(=O)c1cc(C2CC2)c(OCC2(C)CCN(C(C)c3ccc(OC(F)(F)F)cc3)CC2)cc1F. The highest BCUT2D eigenvalue weighted by Gasteiger charge is 2.35. The average molecular weight is 541 g/mol. The number of carbonyl (C=O) groups excluding carboxylic acids is 1. The molecule has 10 heteroatoms. The van der Waals surface area contributed by atoms with E-state index in [1.54, 1.807) is 24.5 Å². The van der Waals surface area contributed by atoms with Crippen LogP contribution in [0.15, 0.2) is 36.4 Å². The number of nitrogens with zero attached hydrogens (tertiary/aromatic N) is 1. The van der Waals surface area contributed by atoms with Crippen molar-refractivity contribution in [3.8, 4) is 11.5 Å². The number of ether oxygens (including phenoxy) is 2. The fraction of sp³-hybridized carbons (Fsp3) is 0.519. The molecule has 1 atom stereocenters. The third-order valence-electron chi connectivity index (χ3n) is 7.28. The van der Waals surface area contributed by atoms with Crippen LogP contribution in [0.5, 0.6) is 11.5 Å². The van der Waals surface area contributed by atoms with Gasteiger partial charge in [0.05, 0.1) is 12.2 Å². The van der Waals surface area contributed by atoms with Crippen LogP contribution >= 0.6 is 11.9 Å². The zero-order chi connectivity index (χ0) is 26.8. The standard InChI is InChI=1S/C27H32F4N2O3S/c1-17(18-6-8-20(9-7-18)36-27(29,30)31)33-12-10-26(2,11-13-33)16-35-24-15-23(28)22(25(34)32-37-3)14-21(24)19-4-5-19/h6-9,14-15,17,19H,4-5,10-13,16H2,1-3H3,(H,32,34). The van der Waals surface area contributed by atoms with E-state index in [1.165, 1.54) is 18.2 Å². The molecule has 2 aliphatic rings. The molecular weight excluding hydrogens is 508 g/mol. The number of alkyl halides is 3. The highest BCUT2D eigenvalue weighted by Crippen LogP contribution is 2.46. The van der Waals surface area contributed by atoms with Crippen molar-refractivity contribution in [3.05, 3.63) is 58.9 Å². The van der Waals surface area contributed by atoms with E-state index in [2.05, 4.69) is 21.3 Å². The van der Waals surface area contributed by atoms with E-state index in [4.69, 9.17) is 4.74 Å². The molecule has 1 unspecified atom stereocenters. The van der Waals surface area contributed by atoms with Crippen LogP contribution < -0.4 is 14.2 Å². The van der Waals surface area contributed by atoms with E-state index < -0.39 is 18.1 Å². The lowest BCUT2D eigenvalue weighted by atomic mass is 9.80. The van der Waals surface area contributed by atoms with Crippen molar-refractivity contribution < 1.29 is 31.8 Å². The predicted octanol–water partition coefficient (Wildman–Crippen LogP) is 6.85. The Morgan fingerprint density at radius 1 is 1.19 bits per heavy atom. The molecule has 2 fully saturated rings. The van der Waals surface area contributed by atoms with Crippen molar-refractivity contribution in [2.75, 3.05) is 26.0 Å². The number of piperidine rings is 1. The van der Waals surface area contributed by atoms with Gasteiger partial charge in [0.15, 0.2) is 0 Å². The minimum atomic E-state index is -4.71. The van der Waals surface area contributed by atoms with Crippen LogP contribution in [-0.4, -0.2) is 43.1 Å². The van der Waals surface area contributed by atoms with Crippen LogP contribution in [0.2, 0.25) is 0 Å². The smallest absolute Gasteiger partial charge is 0.493 e. The van der Waals surface area contributed by atoms with E-state index in [1.807, 2.05) is 6.92 Å². The first-order chi connectivity index (χ1) is 17.5. The monoisotopic (exact) mass is 540 g/mol. The van der Waals surface area contributed by atoms with Gasteiger partial charge in [-0.25, -0.2) is 4.39 Å². The van der Waals surface area contributed by atoms with Gasteiger partial charge < -0.3 is 9.47 Å². The van der Waals surface area contributed by atoms with Gasteiger partial charge in [-0.1, -0.05) is 31.0 Å². The van der Waals surface area contributed by atoms with Crippen molar-refractivity contribution >= 4 is 17.9 Å². The minimum Gasteiger partial charge on any atom is -0.493 e. The van der Waals surface area contributed by atoms with Gasteiger partial charge in [-0.2, -0.15) is 0 Å². The number of rotatable bonds is 9. The number of hydrogen-bond acceptors (Lipinski definition) is 5. The van der Waals surface area contributed by atoms with Gasteiger partial charge in [-0.15, -0.1) is 13.2 Å². The van der Waals surface area contributed by atoms with Crippen molar-refractivity contribution in [1.29, 1.82) is 0 Å². The van der Waals surface area contributed by atoms with E-state index in [0.717, 1.165) is 61.8 Å². The van der Waals surface area contributed by atoms with E-state index in [0.29, 0.717) is 18.3 Å². The van der Waals surface area contributed by atoms with Gasteiger partial charge in [0.25, 0.3) is 5.91 Å². The van der Waals surface area contributed by atoms with E-state index in [-0.39, 0.29) is 22.8 Å². The lowest BCUT2D eigenvalue weighted by Gasteiger charge is -2.41. The fourth-order valence-corrected chi connectivity index (χ4v) is 5.03. The molecule has 1 saturated carbocycles. The first-order valence-electron chi connectivity index (χ1n) is 12.4.